The second kappa shape index (κ2) is 6.12. The first-order valence-electron chi connectivity index (χ1n) is 8.87. The third-order valence-electron chi connectivity index (χ3n) is 5.36. The van der Waals surface area contributed by atoms with E-state index in [0.29, 0.717) is 19.5 Å². The summed E-state index contributed by atoms with van der Waals surface area (Å²) in [6.07, 6.45) is 2.38. The lowest BCUT2D eigenvalue weighted by Crippen LogP contribution is -2.42. The summed E-state index contributed by atoms with van der Waals surface area (Å²) >= 11 is 0. The summed E-state index contributed by atoms with van der Waals surface area (Å²) in [4.78, 5) is 22.7. The van der Waals surface area contributed by atoms with Crippen LogP contribution in [0.2, 0.25) is 0 Å². The van der Waals surface area contributed by atoms with Crippen molar-refractivity contribution < 1.29 is 13.2 Å². The lowest BCUT2D eigenvalue weighted by atomic mass is 9.95. The van der Waals surface area contributed by atoms with E-state index in [9.17, 15) is 13.2 Å². The Kier molecular flexibility index (Phi) is 4.06. The van der Waals surface area contributed by atoms with Crippen molar-refractivity contribution >= 4 is 26.8 Å². The molecule has 7 heteroatoms. The van der Waals surface area contributed by atoms with Crippen LogP contribution in [0.3, 0.4) is 0 Å². The van der Waals surface area contributed by atoms with E-state index < -0.39 is 9.84 Å². The minimum absolute atomic E-state index is 0.00210. The smallest absolute Gasteiger partial charge is 0.226 e. The largest absolute Gasteiger partial charge is 0.342 e. The van der Waals surface area contributed by atoms with Crippen molar-refractivity contribution in [2.75, 3.05) is 24.6 Å². The molecule has 1 amide bonds. The van der Waals surface area contributed by atoms with Gasteiger partial charge in [-0.2, -0.15) is 0 Å². The Balaban J connectivity index is 1.51. The van der Waals surface area contributed by atoms with E-state index in [1.807, 2.05) is 17.0 Å². The maximum absolute atomic E-state index is 12.7. The number of aryl methyl sites for hydroxylation is 1. The van der Waals surface area contributed by atoms with Gasteiger partial charge in [-0.25, -0.2) is 13.4 Å². The summed E-state index contributed by atoms with van der Waals surface area (Å²) in [5, 5.41) is 0. The number of aromatic nitrogens is 2. The van der Waals surface area contributed by atoms with Gasteiger partial charge in [0.15, 0.2) is 9.84 Å². The molecule has 134 valence electrons. The van der Waals surface area contributed by atoms with Crippen molar-refractivity contribution in [2.45, 2.75) is 32.1 Å². The van der Waals surface area contributed by atoms with Crippen molar-refractivity contribution in [2.24, 2.45) is 5.92 Å². The van der Waals surface area contributed by atoms with E-state index >= 15 is 0 Å². The van der Waals surface area contributed by atoms with Crippen molar-refractivity contribution in [3.05, 3.63) is 29.6 Å². The van der Waals surface area contributed by atoms with Gasteiger partial charge < -0.3 is 9.88 Å². The minimum atomic E-state index is -3.03. The van der Waals surface area contributed by atoms with Gasteiger partial charge in [0.25, 0.3) is 0 Å². The molecule has 1 N–H and O–H groups in total. The zero-order valence-electron chi connectivity index (χ0n) is 14.4. The molecule has 2 fully saturated rings. The maximum atomic E-state index is 12.7. The molecule has 1 aromatic carbocycles. The number of imidazole rings is 1. The van der Waals surface area contributed by atoms with E-state index in [0.717, 1.165) is 29.7 Å². The van der Waals surface area contributed by atoms with Gasteiger partial charge in [-0.15, -0.1) is 0 Å². The lowest BCUT2D eigenvalue weighted by molar-refractivity contribution is -0.136. The number of sulfone groups is 1. The normalized spacial score (nSPS) is 26.2. The van der Waals surface area contributed by atoms with Crippen molar-refractivity contribution in [1.82, 2.24) is 14.9 Å². The van der Waals surface area contributed by atoms with Crippen LogP contribution in [0.15, 0.2) is 18.2 Å². The molecule has 3 heterocycles. The molecule has 2 saturated heterocycles. The number of fused-ring (bicyclic) bond motifs is 1. The Morgan fingerprint density at radius 2 is 2.16 bits per heavy atom. The molecule has 0 bridgehead atoms. The topological polar surface area (TPSA) is 83.1 Å². The number of aromatic amines is 1. The molecular formula is C18H23N3O3S. The van der Waals surface area contributed by atoms with E-state index in [-0.39, 0.29) is 29.2 Å². The van der Waals surface area contributed by atoms with Gasteiger partial charge in [0.05, 0.1) is 28.5 Å². The third kappa shape index (κ3) is 3.29. The number of H-pyrrole nitrogens is 1. The maximum Gasteiger partial charge on any atom is 0.226 e. The second-order valence-electron chi connectivity index (χ2n) is 7.37. The molecule has 25 heavy (non-hydrogen) atoms. The molecule has 4 rings (SSSR count). The number of carbonyl (C=O) groups excluding carboxylic acids is 1. The summed E-state index contributed by atoms with van der Waals surface area (Å²) in [6, 6.07) is 6.14. The van der Waals surface area contributed by atoms with Crippen LogP contribution >= 0.6 is 0 Å². The average Bonchev–Trinajstić information content (AvgIpc) is 3.17. The van der Waals surface area contributed by atoms with Crippen LogP contribution in [0, 0.1) is 12.8 Å². The monoisotopic (exact) mass is 361 g/mol. The Hall–Kier alpha value is -1.89. The molecule has 0 saturated carbocycles. The third-order valence-corrected chi connectivity index (χ3v) is 7.13. The average molecular weight is 361 g/mol. The number of hydrogen-bond acceptors (Lipinski definition) is 4. The summed E-state index contributed by atoms with van der Waals surface area (Å²) in [5.74, 6) is 0.904. The van der Waals surface area contributed by atoms with Crippen LogP contribution in [-0.2, 0) is 14.6 Å². The van der Waals surface area contributed by atoms with Gasteiger partial charge in [-0.1, -0.05) is 6.07 Å². The van der Waals surface area contributed by atoms with E-state index in [2.05, 4.69) is 18.0 Å². The highest BCUT2D eigenvalue weighted by molar-refractivity contribution is 7.91. The summed E-state index contributed by atoms with van der Waals surface area (Å²) in [5.41, 5.74) is 3.16. The lowest BCUT2D eigenvalue weighted by Gasteiger charge is -2.33. The molecule has 0 spiro atoms. The standard InChI is InChI=1S/C18H23N3O3S/c1-12-4-5-15-16(9-12)20-17(19-15)13-3-2-7-21(10-13)18(22)14-6-8-25(23,24)11-14/h4-5,9,13-14H,2-3,6-8,10-11H2,1H3,(H,19,20)/t13-,14-/m1/s1. The molecule has 2 aliphatic heterocycles. The fraction of sp³-hybridized carbons (Fsp3) is 0.556. The molecule has 0 aliphatic carbocycles. The molecule has 2 aromatic rings. The molecule has 2 atom stereocenters. The molecule has 2 aliphatic rings. The van der Waals surface area contributed by atoms with Crippen LogP contribution in [-0.4, -0.2) is 53.8 Å². The van der Waals surface area contributed by atoms with Gasteiger partial charge >= 0.3 is 0 Å². The Morgan fingerprint density at radius 1 is 1.32 bits per heavy atom. The predicted molar refractivity (Wildman–Crippen MR) is 96.1 cm³/mol. The summed E-state index contributed by atoms with van der Waals surface area (Å²) < 4.78 is 23.3. The highest BCUT2D eigenvalue weighted by Gasteiger charge is 2.37. The zero-order chi connectivity index (χ0) is 17.6. The molecule has 1 aromatic heterocycles. The van der Waals surface area contributed by atoms with Crippen LogP contribution in [0.1, 0.15) is 36.6 Å². The minimum Gasteiger partial charge on any atom is -0.342 e. The summed E-state index contributed by atoms with van der Waals surface area (Å²) in [7, 11) is -3.03. The van der Waals surface area contributed by atoms with Gasteiger partial charge in [0.2, 0.25) is 5.91 Å². The van der Waals surface area contributed by atoms with Crippen LogP contribution in [0.4, 0.5) is 0 Å². The van der Waals surface area contributed by atoms with Gasteiger partial charge in [0, 0.05) is 19.0 Å². The highest BCUT2D eigenvalue weighted by atomic mass is 32.2. The number of benzene rings is 1. The number of likely N-dealkylation sites (tertiary alicyclic amines) is 1. The predicted octanol–water partition coefficient (Wildman–Crippen LogP) is 2.01. The van der Waals surface area contributed by atoms with Crippen LogP contribution in [0.5, 0.6) is 0 Å². The van der Waals surface area contributed by atoms with Crippen LogP contribution in [0.25, 0.3) is 11.0 Å². The number of carbonyl (C=O) groups is 1. The number of amides is 1. The molecule has 0 unspecified atom stereocenters. The number of piperidine rings is 1. The highest BCUT2D eigenvalue weighted by Crippen LogP contribution is 2.29. The fourth-order valence-electron chi connectivity index (χ4n) is 3.99. The van der Waals surface area contributed by atoms with E-state index in [4.69, 9.17) is 4.98 Å². The van der Waals surface area contributed by atoms with E-state index in [1.165, 1.54) is 5.56 Å². The fourth-order valence-corrected chi connectivity index (χ4v) is 5.72. The first kappa shape index (κ1) is 16.6. The zero-order valence-corrected chi connectivity index (χ0v) is 15.2. The Morgan fingerprint density at radius 3 is 2.92 bits per heavy atom. The second-order valence-corrected chi connectivity index (χ2v) is 9.59. The first-order chi connectivity index (χ1) is 11.9. The number of nitrogens with zero attached hydrogens (tertiary/aromatic N) is 2. The quantitative estimate of drug-likeness (QED) is 0.887. The SMILES string of the molecule is Cc1ccc2nc([C@@H]3CCCN(C(=O)[C@@H]4CCS(=O)(=O)C4)C3)[nH]c2c1. The number of nitrogens with one attached hydrogen (secondary N) is 1. The van der Waals surface area contributed by atoms with Crippen molar-refractivity contribution in [3.63, 3.8) is 0 Å². The van der Waals surface area contributed by atoms with Crippen LogP contribution < -0.4 is 0 Å². The molecular weight excluding hydrogens is 338 g/mol. The van der Waals surface area contributed by atoms with Crippen molar-refractivity contribution in [3.8, 4) is 0 Å². The first-order valence-corrected chi connectivity index (χ1v) is 10.7. The molecule has 6 nitrogen and oxygen atoms in total. The van der Waals surface area contributed by atoms with Gasteiger partial charge in [0.1, 0.15) is 5.82 Å². The summed E-state index contributed by atoms with van der Waals surface area (Å²) in [6.45, 7) is 3.38. The number of hydrogen-bond donors (Lipinski definition) is 1. The van der Waals surface area contributed by atoms with Gasteiger partial charge in [-0.3, -0.25) is 4.79 Å². The number of rotatable bonds is 2. The Bertz CT molecular complexity index is 919. The van der Waals surface area contributed by atoms with E-state index in [1.54, 1.807) is 0 Å². The van der Waals surface area contributed by atoms with Crippen molar-refractivity contribution in [1.29, 1.82) is 0 Å². The van der Waals surface area contributed by atoms with Gasteiger partial charge in [-0.05, 0) is 43.9 Å². The Labute approximate surface area is 147 Å². The molecule has 0 radical (unpaired) electrons.